The van der Waals surface area contributed by atoms with E-state index in [1.807, 2.05) is 99.7 Å². The normalized spacial score (nSPS) is 21.9. The molecule has 38 heteroatoms. The summed E-state index contributed by atoms with van der Waals surface area (Å²) in [5.74, 6) is -4.65. The molecule has 12 amide bonds. The molecule has 12 bridgehead atoms. The minimum atomic E-state index is -4.68. The second-order valence-corrected chi connectivity index (χ2v) is 36.8. The second kappa shape index (κ2) is 48.0. The lowest BCUT2D eigenvalue weighted by atomic mass is 9.95. The first-order valence-electron chi connectivity index (χ1n) is 47.4. The molecule has 0 aliphatic carbocycles. The van der Waals surface area contributed by atoms with E-state index < -0.39 is 151 Å². The number of carbonyl (C=O) groups excluding carboxylic acids is 12. The summed E-state index contributed by atoms with van der Waals surface area (Å²) in [6.45, 7) is -0.870. The van der Waals surface area contributed by atoms with Crippen molar-refractivity contribution in [3.05, 3.63) is 251 Å². The fourth-order valence-corrected chi connectivity index (χ4v) is 18.3. The number of piperidine rings is 1. The van der Waals surface area contributed by atoms with Gasteiger partial charge in [-0.05, 0) is 188 Å². The van der Waals surface area contributed by atoms with Crippen molar-refractivity contribution in [1.82, 2.24) is 66.6 Å². The van der Waals surface area contributed by atoms with Crippen LogP contribution in [0.1, 0.15) is 122 Å². The van der Waals surface area contributed by atoms with E-state index in [4.69, 9.17) is 14.2 Å². The van der Waals surface area contributed by atoms with E-state index in [1.165, 1.54) is 28.8 Å². The molecule has 7 N–H and O–H groups in total. The first kappa shape index (κ1) is 105. The van der Waals surface area contributed by atoms with Gasteiger partial charge in [-0.3, -0.25) is 57.5 Å². The van der Waals surface area contributed by atoms with Gasteiger partial charge in [0, 0.05) is 111 Å². The van der Waals surface area contributed by atoms with E-state index in [0.29, 0.717) is 148 Å². The zero-order chi connectivity index (χ0) is 102. The number of hydrogen-bond acceptors (Lipinski definition) is 16. The number of rotatable bonds is 18. The Labute approximate surface area is 815 Å². The van der Waals surface area contributed by atoms with Gasteiger partial charge >= 0.3 is 18.5 Å². The molecule has 0 radical (unpaired) electrons. The van der Waals surface area contributed by atoms with Gasteiger partial charge < -0.3 is 80.8 Å². The summed E-state index contributed by atoms with van der Waals surface area (Å²) in [6.07, 6.45) is -9.52. The number of aryl methyl sites for hydroxylation is 2. The van der Waals surface area contributed by atoms with Crippen LogP contribution in [-0.2, 0) is 109 Å². The summed E-state index contributed by atoms with van der Waals surface area (Å²) in [4.78, 5) is 172. The van der Waals surface area contributed by atoms with Crippen LogP contribution in [0.4, 0.5) is 43.9 Å². The number of fused-ring (bicyclic) bond motifs is 12. The maximum atomic E-state index is 14.5. The quantitative estimate of drug-likeness (QED) is 0.0393. The molecule has 0 aromatic heterocycles. The van der Waals surface area contributed by atoms with E-state index in [1.54, 1.807) is 139 Å². The van der Waals surface area contributed by atoms with Crippen LogP contribution in [0.5, 0.6) is 34.5 Å². The van der Waals surface area contributed by atoms with Gasteiger partial charge in [0.25, 0.3) is 0 Å². The number of ether oxygens (including phenoxy) is 3. The molecule has 7 heterocycles. The van der Waals surface area contributed by atoms with Crippen LogP contribution in [0.2, 0.25) is 0 Å². The zero-order valence-corrected chi connectivity index (χ0v) is 78.7. The highest BCUT2D eigenvalue weighted by Gasteiger charge is 2.45. The summed E-state index contributed by atoms with van der Waals surface area (Å²) in [7, 11) is 2.83. The SMILES string of the molecule is CC1(F)CCN(CC[C@@H]2NC(=O)[C@@H](N3CCCC3=O)Cc3cccc(c3)Oc3cccc(c3)C[C@@H](C(=O)NCC(F)(F)F)NC2=O)CC1.CN1C(=O)[C@@H](N2CCCC2=O)Cc2cccc(c2)Oc2cccc(c2)C[C@@H](C(=O)NCC(F)(F)F)NC(=O)[C@@H]1CCc1ccccc1.CN1C(=O)[C@H](CCc2ccccc2)NC(=O)[C@@H](N2CCCC2=O)Cc2cccc(c2)Oc2cccc(c2)C[C@H]1C(=O)NCC(F)(F)F. The lowest BCUT2D eigenvalue weighted by molar-refractivity contribution is -0.147. The van der Waals surface area contributed by atoms with Crippen LogP contribution in [0.3, 0.4) is 0 Å². The summed E-state index contributed by atoms with van der Waals surface area (Å²) in [6, 6.07) is 49.7. The number of alkyl halides is 10. The third-order valence-corrected chi connectivity index (χ3v) is 25.9. The Morgan fingerprint density at radius 3 is 1.10 bits per heavy atom. The third-order valence-electron chi connectivity index (χ3n) is 25.9. The standard InChI is InChI=1S/2C35H37F3N4O5.C34H41F4N5O5/c1-41-29(16-15-23-8-3-2-4-9-23)33(45)40-28(32(44)39-22-35(36,37)38)20-24-10-5-12-26(18-24)47-27-13-6-11-25(19-27)21-30(34(41)46)42-17-7-14-31(42)43;1-41-29(32(44)39-22-35(36,37)38)20-24-10-5-12-26(18-24)47-27-13-6-11-25(19-27)21-30(42-17-7-14-31(42)43)33(45)40-28(34(41)46)16-15-23-8-3-2-4-9-23;1-33(35)11-15-42(16-12-33)14-10-26-31(46)41-27(30(45)39-21-34(36,37)38)19-22-5-2-7-24(17-22)48-25-8-3-6-23(18-25)20-28(32(47)40-26)43-13-4-9-29(43)44/h2*2-6,8-13,18-19,28-30H,7,14-17,20-22H2,1H3,(H,39,44)(H,40,45);2-3,5-8,17-18,26-28H,4,9-16,19-21H2,1H3,(H,39,45)(H,40,47)(H,41,46)/t2*28-,29-,30-;26-,27-,28-/m000/s1. The Morgan fingerprint density at radius 1 is 0.373 bits per heavy atom. The van der Waals surface area contributed by atoms with E-state index in [9.17, 15) is 101 Å². The van der Waals surface area contributed by atoms with Crippen LogP contribution in [-0.4, -0.2) is 252 Å². The van der Waals surface area contributed by atoms with Gasteiger partial charge in [0.2, 0.25) is 70.9 Å². The molecular weight excluding hydrogens is 1860 g/mol. The number of carbonyl (C=O) groups is 12. The molecular formula is C104H115F10N13O15. The van der Waals surface area contributed by atoms with E-state index >= 15 is 0 Å². The molecule has 7 aliphatic rings. The highest BCUT2D eigenvalue weighted by molar-refractivity contribution is 5.98. The highest BCUT2D eigenvalue weighted by atomic mass is 19.4. The molecule has 9 atom stereocenters. The van der Waals surface area contributed by atoms with Crippen molar-refractivity contribution in [2.75, 3.05) is 73.0 Å². The molecule has 8 aromatic carbocycles. The fourth-order valence-electron chi connectivity index (χ4n) is 18.3. The van der Waals surface area contributed by atoms with Crippen molar-refractivity contribution in [2.24, 2.45) is 0 Å². The zero-order valence-electron chi connectivity index (χ0n) is 78.7. The molecule has 15 rings (SSSR count). The second-order valence-electron chi connectivity index (χ2n) is 36.8. The van der Waals surface area contributed by atoms with Gasteiger partial charge in [-0.1, -0.05) is 133 Å². The van der Waals surface area contributed by atoms with Crippen molar-refractivity contribution in [1.29, 1.82) is 0 Å². The molecule has 0 saturated carbocycles. The number of nitrogens with one attached hydrogen (secondary N) is 7. The fraction of sp³-hybridized carbons (Fsp3) is 0.423. The predicted octanol–water partition coefficient (Wildman–Crippen LogP) is 11.8. The van der Waals surface area contributed by atoms with Crippen LogP contribution < -0.4 is 51.4 Å². The van der Waals surface area contributed by atoms with Gasteiger partial charge in [-0.25, -0.2) is 4.39 Å². The number of benzene rings is 8. The van der Waals surface area contributed by atoms with Crippen LogP contribution >= 0.6 is 0 Å². The average Bonchev–Trinajstić information content (AvgIpc) is 1.33. The first-order valence-corrected chi connectivity index (χ1v) is 47.4. The number of amides is 12. The maximum Gasteiger partial charge on any atom is 0.405 e. The molecule has 7 aliphatic heterocycles. The molecule has 142 heavy (non-hydrogen) atoms. The minimum absolute atomic E-state index is 0.0803. The molecule has 0 spiro atoms. The Hall–Kier alpha value is -13.9. The summed E-state index contributed by atoms with van der Waals surface area (Å²) in [5.41, 5.74) is 4.35. The number of nitrogens with zero attached hydrogens (tertiary/aromatic N) is 6. The molecule has 28 nitrogen and oxygen atoms in total. The predicted molar refractivity (Wildman–Crippen MR) is 503 cm³/mol. The van der Waals surface area contributed by atoms with Gasteiger partial charge in [0.15, 0.2) is 0 Å². The Morgan fingerprint density at radius 2 is 0.718 bits per heavy atom. The lowest BCUT2D eigenvalue weighted by Gasteiger charge is -2.35. The van der Waals surface area contributed by atoms with Gasteiger partial charge in [0.05, 0.1) is 0 Å². The van der Waals surface area contributed by atoms with Crippen molar-refractivity contribution < 1.29 is 116 Å². The number of hydrogen-bond donors (Lipinski definition) is 7. The van der Waals surface area contributed by atoms with Crippen molar-refractivity contribution >= 4 is 70.9 Å². The maximum absolute atomic E-state index is 14.5. The summed E-state index contributed by atoms with van der Waals surface area (Å²) in [5, 5.41) is 16.5. The minimum Gasteiger partial charge on any atom is -0.457 e. The lowest BCUT2D eigenvalue weighted by Crippen LogP contribution is -2.58. The van der Waals surface area contributed by atoms with Gasteiger partial charge in [-0.2, -0.15) is 39.5 Å². The number of likely N-dealkylation sites (tertiary alicyclic amines) is 4. The average molecular weight is 1980 g/mol. The van der Waals surface area contributed by atoms with Crippen molar-refractivity contribution in [3.8, 4) is 34.5 Å². The third kappa shape index (κ3) is 30.8. The Balaban J connectivity index is 0.000000179. The van der Waals surface area contributed by atoms with Crippen LogP contribution in [0.15, 0.2) is 206 Å². The monoisotopic (exact) mass is 1980 g/mol. The number of likely N-dealkylation sites (N-methyl/N-ethyl adjacent to an activating group) is 2. The molecule has 4 fully saturated rings. The molecule has 8 aromatic rings. The van der Waals surface area contributed by atoms with E-state index in [-0.39, 0.29) is 81.9 Å². The molecule has 4 saturated heterocycles. The van der Waals surface area contributed by atoms with Crippen LogP contribution in [0, 0.1) is 0 Å². The van der Waals surface area contributed by atoms with Crippen LogP contribution in [0.25, 0.3) is 0 Å². The van der Waals surface area contributed by atoms with Crippen molar-refractivity contribution in [2.45, 2.75) is 207 Å². The highest BCUT2D eigenvalue weighted by Crippen LogP contribution is 2.34. The summed E-state index contributed by atoms with van der Waals surface area (Å²) < 4.78 is 150. The molecule has 0 unspecified atom stereocenters. The molecule has 756 valence electrons. The number of halogens is 10. The largest absolute Gasteiger partial charge is 0.457 e. The summed E-state index contributed by atoms with van der Waals surface area (Å²) >= 11 is 0. The van der Waals surface area contributed by atoms with E-state index in [0.717, 1.165) is 32.7 Å². The first-order chi connectivity index (χ1) is 67.7. The van der Waals surface area contributed by atoms with Gasteiger partial charge in [0.1, 0.15) is 114 Å². The van der Waals surface area contributed by atoms with Crippen molar-refractivity contribution in [3.63, 3.8) is 0 Å². The topological polar surface area (TPSA) is 336 Å². The smallest absolute Gasteiger partial charge is 0.405 e. The Bertz CT molecular complexity index is 5790. The van der Waals surface area contributed by atoms with E-state index in [2.05, 4.69) is 21.3 Å². The van der Waals surface area contributed by atoms with Gasteiger partial charge in [-0.15, -0.1) is 0 Å². The Kier molecular flexibility index (Phi) is 35.6.